The van der Waals surface area contributed by atoms with Crippen molar-refractivity contribution in [3.8, 4) is 10.8 Å². The molecule has 11 heteroatoms. The molecule has 0 unspecified atom stereocenters. The maximum absolute atomic E-state index is 13.4. The fourth-order valence-corrected chi connectivity index (χ4v) is 7.16. The summed E-state index contributed by atoms with van der Waals surface area (Å²) < 4.78 is 33.9. The summed E-state index contributed by atoms with van der Waals surface area (Å²) in [6.45, 7) is 5.24. The van der Waals surface area contributed by atoms with Gasteiger partial charge in [0.1, 0.15) is 0 Å². The minimum absolute atomic E-state index is 0.0561. The number of piperazine rings is 1. The quantitative estimate of drug-likeness (QED) is 0.546. The monoisotopic (exact) mass is 487 g/mol. The standard InChI is InChI=1S/C22H25N5O4S2/c1-16-19(33(29,30)27-13-11-25(12-14-27)17-7-3-2-4-8-17)15-18(32-16)20-23-24-21(31-20)22(28)26-9-5-6-10-26/h2-4,7-8,15H,5-6,9-14H2,1H3. The van der Waals surface area contributed by atoms with Crippen LogP contribution in [-0.2, 0) is 10.0 Å². The van der Waals surface area contributed by atoms with Gasteiger partial charge < -0.3 is 14.2 Å². The first-order chi connectivity index (χ1) is 15.9. The Hall–Kier alpha value is -2.76. The van der Waals surface area contributed by atoms with Crippen molar-refractivity contribution in [2.75, 3.05) is 44.2 Å². The number of carbonyl (C=O) groups is 1. The molecular weight excluding hydrogens is 462 g/mol. The van der Waals surface area contributed by atoms with E-state index < -0.39 is 10.0 Å². The molecule has 2 saturated heterocycles. The lowest BCUT2D eigenvalue weighted by Gasteiger charge is -2.35. The number of anilines is 1. The number of benzene rings is 1. The second kappa shape index (κ2) is 8.88. The zero-order chi connectivity index (χ0) is 23.0. The summed E-state index contributed by atoms with van der Waals surface area (Å²) >= 11 is 1.28. The predicted molar refractivity (Wildman–Crippen MR) is 125 cm³/mol. The molecule has 1 amide bonds. The van der Waals surface area contributed by atoms with Gasteiger partial charge in [0.2, 0.25) is 10.0 Å². The normalized spacial score (nSPS) is 17.6. The minimum Gasteiger partial charge on any atom is -0.411 e. The van der Waals surface area contributed by atoms with Crippen molar-refractivity contribution < 1.29 is 17.6 Å². The van der Waals surface area contributed by atoms with Gasteiger partial charge in [-0.05, 0) is 38.0 Å². The fourth-order valence-electron chi connectivity index (χ4n) is 4.26. The van der Waals surface area contributed by atoms with Crippen molar-refractivity contribution in [3.05, 3.63) is 47.2 Å². The maximum atomic E-state index is 13.4. The van der Waals surface area contributed by atoms with Gasteiger partial charge in [-0.2, -0.15) is 4.31 Å². The molecule has 2 aromatic heterocycles. The van der Waals surface area contributed by atoms with E-state index in [0.717, 1.165) is 18.5 Å². The van der Waals surface area contributed by atoms with E-state index in [2.05, 4.69) is 15.1 Å². The lowest BCUT2D eigenvalue weighted by atomic mass is 10.2. The van der Waals surface area contributed by atoms with E-state index in [1.807, 2.05) is 30.3 Å². The first-order valence-corrected chi connectivity index (χ1v) is 13.2. The van der Waals surface area contributed by atoms with Gasteiger partial charge in [0.15, 0.2) is 0 Å². The Labute approximate surface area is 196 Å². The van der Waals surface area contributed by atoms with Gasteiger partial charge in [0.25, 0.3) is 5.89 Å². The molecule has 4 heterocycles. The highest BCUT2D eigenvalue weighted by atomic mass is 32.2. The summed E-state index contributed by atoms with van der Waals surface area (Å²) in [4.78, 5) is 17.8. The van der Waals surface area contributed by atoms with E-state index in [1.165, 1.54) is 15.6 Å². The summed E-state index contributed by atoms with van der Waals surface area (Å²) in [7, 11) is -3.66. The molecule has 33 heavy (non-hydrogen) atoms. The summed E-state index contributed by atoms with van der Waals surface area (Å²) in [5.41, 5.74) is 1.10. The van der Waals surface area contributed by atoms with Gasteiger partial charge in [0, 0.05) is 49.8 Å². The molecule has 1 aromatic carbocycles. The van der Waals surface area contributed by atoms with Gasteiger partial charge in [-0.1, -0.05) is 18.2 Å². The van der Waals surface area contributed by atoms with E-state index in [4.69, 9.17) is 4.42 Å². The number of hydrogen-bond donors (Lipinski definition) is 0. The third-order valence-electron chi connectivity index (χ3n) is 6.06. The first kappa shape index (κ1) is 22.1. The van der Waals surface area contributed by atoms with Crippen LogP contribution in [0, 0.1) is 6.92 Å². The van der Waals surface area contributed by atoms with Crippen molar-refractivity contribution >= 4 is 33.0 Å². The topological polar surface area (TPSA) is 99.8 Å². The molecule has 2 aliphatic rings. The number of aromatic nitrogens is 2. The Balaban J connectivity index is 1.32. The molecule has 9 nitrogen and oxygen atoms in total. The van der Waals surface area contributed by atoms with Crippen molar-refractivity contribution in [2.45, 2.75) is 24.7 Å². The summed E-state index contributed by atoms with van der Waals surface area (Å²) in [5.74, 6) is -0.163. The Morgan fingerprint density at radius 3 is 2.39 bits per heavy atom. The van der Waals surface area contributed by atoms with Gasteiger partial charge in [-0.25, -0.2) is 8.42 Å². The predicted octanol–water partition coefficient (Wildman–Crippen LogP) is 2.85. The van der Waals surface area contributed by atoms with Gasteiger partial charge >= 0.3 is 11.8 Å². The third kappa shape index (κ3) is 4.28. The number of carbonyl (C=O) groups excluding carboxylic acids is 1. The van der Waals surface area contributed by atoms with Crippen molar-refractivity contribution in [3.63, 3.8) is 0 Å². The first-order valence-electron chi connectivity index (χ1n) is 11.0. The SMILES string of the molecule is Cc1sc(-c2nnc(C(=O)N3CCCC3)o2)cc1S(=O)(=O)N1CCN(c2ccccc2)CC1. The number of hydrogen-bond acceptors (Lipinski definition) is 8. The molecule has 0 saturated carbocycles. The van der Waals surface area contributed by atoms with Crippen LogP contribution in [0.4, 0.5) is 5.69 Å². The molecule has 3 aromatic rings. The highest BCUT2D eigenvalue weighted by molar-refractivity contribution is 7.89. The fraction of sp³-hybridized carbons (Fsp3) is 0.409. The highest BCUT2D eigenvalue weighted by Gasteiger charge is 2.32. The van der Waals surface area contributed by atoms with Crippen LogP contribution >= 0.6 is 11.3 Å². The molecule has 0 spiro atoms. The van der Waals surface area contributed by atoms with E-state index >= 15 is 0 Å². The second-order valence-electron chi connectivity index (χ2n) is 8.17. The number of thiophene rings is 1. The maximum Gasteiger partial charge on any atom is 0.311 e. The van der Waals surface area contributed by atoms with Crippen LogP contribution in [0.3, 0.4) is 0 Å². The number of rotatable bonds is 5. The number of amides is 1. The average Bonchev–Trinajstić information content (AvgIpc) is 3.60. The van der Waals surface area contributed by atoms with E-state index in [1.54, 1.807) is 17.9 Å². The van der Waals surface area contributed by atoms with Crippen LogP contribution in [0.1, 0.15) is 28.4 Å². The van der Waals surface area contributed by atoms with Crippen LogP contribution in [0.2, 0.25) is 0 Å². The van der Waals surface area contributed by atoms with Crippen LogP contribution in [-0.4, -0.2) is 73.0 Å². The molecule has 5 rings (SSSR count). The van der Waals surface area contributed by atoms with Crippen LogP contribution in [0.25, 0.3) is 10.8 Å². The van der Waals surface area contributed by atoms with Gasteiger partial charge in [0.05, 0.1) is 9.77 Å². The van der Waals surface area contributed by atoms with Crippen molar-refractivity contribution in [1.82, 2.24) is 19.4 Å². The van der Waals surface area contributed by atoms with Gasteiger partial charge in [-0.3, -0.25) is 4.79 Å². The summed E-state index contributed by atoms with van der Waals surface area (Å²) in [6, 6.07) is 11.6. The number of sulfonamides is 1. The molecule has 0 radical (unpaired) electrons. The lowest BCUT2D eigenvalue weighted by molar-refractivity contribution is 0.0754. The Bertz CT molecular complexity index is 1240. The lowest BCUT2D eigenvalue weighted by Crippen LogP contribution is -2.48. The Morgan fingerprint density at radius 1 is 1.00 bits per heavy atom. The molecule has 2 aliphatic heterocycles. The van der Waals surface area contributed by atoms with Crippen LogP contribution < -0.4 is 4.90 Å². The smallest absolute Gasteiger partial charge is 0.311 e. The van der Waals surface area contributed by atoms with Gasteiger partial charge in [-0.15, -0.1) is 21.5 Å². The number of aryl methyl sites for hydroxylation is 1. The van der Waals surface area contributed by atoms with E-state index in [0.29, 0.717) is 49.0 Å². The largest absolute Gasteiger partial charge is 0.411 e. The highest BCUT2D eigenvalue weighted by Crippen LogP contribution is 2.35. The van der Waals surface area contributed by atoms with E-state index in [9.17, 15) is 13.2 Å². The van der Waals surface area contributed by atoms with Crippen LogP contribution in [0.5, 0.6) is 0 Å². The zero-order valence-electron chi connectivity index (χ0n) is 18.3. The number of nitrogens with zero attached hydrogens (tertiary/aromatic N) is 5. The molecule has 0 atom stereocenters. The molecular formula is C22H25N5O4S2. The van der Waals surface area contributed by atoms with Crippen molar-refractivity contribution in [2.24, 2.45) is 0 Å². The second-order valence-corrected chi connectivity index (χ2v) is 11.3. The number of para-hydroxylation sites is 1. The third-order valence-corrected chi connectivity index (χ3v) is 9.25. The Kier molecular flexibility index (Phi) is 5.94. The van der Waals surface area contributed by atoms with Crippen molar-refractivity contribution in [1.29, 1.82) is 0 Å². The Morgan fingerprint density at radius 2 is 1.70 bits per heavy atom. The number of likely N-dealkylation sites (tertiary alicyclic amines) is 1. The van der Waals surface area contributed by atoms with E-state index in [-0.39, 0.29) is 22.6 Å². The van der Waals surface area contributed by atoms with Crippen LogP contribution in [0.15, 0.2) is 45.7 Å². The minimum atomic E-state index is -3.66. The summed E-state index contributed by atoms with van der Waals surface area (Å²) in [5, 5.41) is 7.90. The summed E-state index contributed by atoms with van der Waals surface area (Å²) in [6.07, 6.45) is 1.94. The molecule has 2 fully saturated rings. The zero-order valence-corrected chi connectivity index (χ0v) is 19.9. The molecule has 0 aliphatic carbocycles. The molecule has 174 valence electrons. The molecule has 0 N–H and O–H groups in total. The average molecular weight is 488 g/mol. The molecule has 0 bridgehead atoms.